The van der Waals surface area contributed by atoms with Crippen molar-refractivity contribution in [2.45, 2.75) is 38.0 Å². The lowest BCUT2D eigenvalue weighted by molar-refractivity contribution is 0.102. The first kappa shape index (κ1) is 18.0. The smallest absolute Gasteiger partial charge is 0.257 e. The third-order valence-corrected chi connectivity index (χ3v) is 6.80. The Bertz CT molecular complexity index is 887. The zero-order chi connectivity index (χ0) is 18.0. The molecule has 1 fully saturated rings. The number of nitrogens with zero attached hydrogens (tertiary/aromatic N) is 3. The Balaban J connectivity index is 1.88. The average Bonchev–Trinajstić information content (AvgIpc) is 3.00. The molecular weight excluding hydrogens is 360 g/mol. The number of benzene rings is 1. The first-order chi connectivity index (χ1) is 11.9. The van der Waals surface area contributed by atoms with Crippen LogP contribution in [0.5, 0.6) is 0 Å². The van der Waals surface area contributed by atoms with Crippen LogP contribution in [0, 0.1) is 13.8 Å². The Labute approximate surface area is 151 Å². The molecule has 7 nitrogen and oxygen atoms in total. The van der Waals surface area contributed by atoms with Crippen LogP contribution in [0.2, 0.25) is 0 Å². The van der Waals surface area contributed by atoms with Gasteiger partial charge in [0.1, 0.15) is 5.01 Å². The fourth-order valence-electron chi connectivity index (χ4n) is 2.77. The number of anilines is 1. The minimum absolute atomic E-state index is 0.151. The Morgan fingerprint density at radius 1 is 1.16 bits per heavy atom. The monoisotopic (exact) mass is 380 g/mol. The van der Waals surface area contributed by atoms with Gasteiger partial charge in [0.15, 0.2) is 0 Å². The molecule has 0 unspecified atom stereocenters. The summed E-state index contributed by atoms with van der Waals surface area (Å²) in [4.78, 5) is 12.7. The Morgan fingerprint density at radius 2 is 1.88 bits per heavy atom. The summed E-state index contributed by atoms with van der Waals surface area (Å²) < 4.78 is 27.1. The van der Waals surface area contributed by atoms with Gasteiger partial charge in [-0.1, -0.05) is 23.8 Å². The molecule has 0 saturated carbocycles. The maximum absolute atomic E-state index is 12.8. The summed E-state index contributed by atoms with van der Waals surface area (Å²) in [6.07, 6.45) is 2.79. The van der Waals surface area contributed by atoms with Crippen LogP contribution >= 0.6 is 11.3 Å². The minimum Gasteiger partial charge on any atom is -0.296 e. The molecule has 0 aliphatic carbocycles. The SMILES string of the molecule is Cc1nnc(NC(=O)c2cc(S(=O)(=O)N3CCCCC3)ccc2C)s1. The van der Waals surface area contributed by atoms with Crippen LogP contribution in [0.4, 0.5) is 5.13 Å². The van der Waals surface area contributed by atoms with Crippen molar-refractivity contribution in [3.63, 3.8) is 0 Å². The van der Waals surface area contributed by atoms with Gasteiger partial charge < -0.3 is 0 Å². The van der Waals surface area contributed by atoms with E-state index < -0.39 is 10.0 Å². The minimum atomic E-state index is -3.58. The first-order valence-electron chi connectivity index (χ1n) is 8.10. The topological polar surface area (TPSA) is 92.3 Å². The molecule has 1 N–H and O–H groups in total. The summed E-state index contributed by atoms with van der Waals surface area (Å²) in [5.74, 6) is -0.385. The van der Waals surface area contributed by atoms with Gasteiger partial charge in [0.05, 0.1) is 4.90 Å². The number of rotatable bonds is 4. The van der Waals surface area contributed by atoms with Crippen LogP contribution in [0.1, 0.15) is 40.2 Å². The van der Waals surface area contributed by atoms with E-state index in [2.05, 4.69) is 15.5 Å². The zero-order valence-electron chi connectivity index (χ0n) is 14.2. The average molecular weight is 380 g/mol. The molecule has 0 bridgehead atoms. The van der Waals surface area contributed by atoms with Crippen LogP contribution in [0.15, 0.2) is 23.1 Å². The number of amides is 1. The molecule has 134 valence electrons. The zero-order valence-corrected chi connectivity index (χ0v) is 15.8. The number of aryl methyl sites for hydroxylation is 2. The molecule has 1 aromatic carbocycles. The second kappa shape index (κ2) is 7.19. The summed E-state index contributed by atoms with van der Waals surface area (Å²) in [5.41, 5.74) is 1.03. The fourth-order valence-corrected chi connectivity index (χ4v) is 4.90. The van der Waals surface area contributed by atoms with Gasteiger partial charge in [-0.05, 0) is 44.4 Å². The van der Waals surface area contributed by atoms with Gasteiger partial charge in [-0.25, -0.2) is 8.42 Å². The van der Waals surface area contributed by atoms with Gasteiger partial charge in [0.25, 0.3) is 5.91 Å². The van der Waals surface area contributed by atoms with E-state index in [1.165, 1.54) is 21.7 Å². The normalized spacial score (nSPS) is 15.9. The van der Waals surface area contributed by atoms with E-state index >= 15 is 0 Å². The molecule has 1 aliphatic rings. The fraction of sp³-hybridized carbons (Fsp3) is 0.438. The van der Waals surface area contributed by atoms with Crippen molar-refractivity contribution in [3.05, 3.63) is 34.3 Å². The van der Waals surface area contributed by atoms with Gasteiger partial charge in [-0.3, -0.25) is 10.1 Å². The summed E-state index contributed by atoms with van der Waals surface area (Å²) >= 11 is 1.27. The first-order valence-corrected chi connectivity index (χ1v) is 10.4. The highest BCUT2D eigenvalue weighted by Crippen LogP contribution is 2.24. The lowest BCUT2D eigenvalue weighted by atomic mass is 10.1. The lowest BCUT2D eigenvalue weighted by Gasteiger charge is -2.26. The van der Waals surface area contributed by atoms with E-state index in [1.54, 1.807) is 26.0 Å². The van der Waals surface area contributed by atoms with Crippen LogP contribution < -0.4 is 5.32 Å². The molecule has 9 heteroatoms. The number of hydrogen-bond donors (Lipinski definition) is 1. The van der Waals surface area contributed by atoms with Gasteiger partial charge in [-0.2, -0.15) is 4.31 Å². The number of carbonyl (C=O) groups is 1. The maximum Gasteiger partial charge on any atom is 0.257 e. The molecule has 1 amide bonds. The molecule has 1 aliphatic heterocycles. The predicted octanol–water partition coefficient (Wildman–Crippen LogP) is 2.58. The largest absolute Gasteiger partial charge is 0.296 e. The standard InChI is InChI=1S/C16H20N4O3S2/c1-11-6-7-13(25(22,23)20-8-4-3-5-9-20)10-14(11)15(21)17-16-19-18-12(2)24-16/h6-7,10H,3-5,8-9H2,1-2H3,(H,17,19,21). The van der Waals surface area contributed by atoms with Crippen molar-refractivity contribution in [3.8, 4) is 0 Å². The highest BCUT2D eigenvalue weighted by atomic mass is 32.2. The number of nitrogens with one attached hydrogen (secondary N) is 1. The molecule has 3 rings (SSSR count). The predicted molar refractivity (Wildman–Crippen MR) is 96.4 cm³/mol. The molecule has 0 atom stereocenters. The van der Waals surface area contributed by atoms with E-state index in [1.807, 2.05) is 0 Å². The quantitative estimate of drug-likeness (QED) is 0.880. The molecule has 1 aromatic heterocycles. The van der Waals surface area contributed by atoms with Crippen LogP contribution in [-0.4, -0.2) is 41.9 Å². The van der Waals surface area contributed by atoms with Crippen molar-refractivity contribution < 1.29 is 13.2 Å². The number of sulfonamides is 1. The third-order valence-electron chi connectivity index (χ3n) is 4.15. The summed E-state index contributed by atoms with van der Waals surface area (Å²) in [5, 5.41) is 11.5. The van der Waals surface area contributed by atoms with E-state index in [9.17, 15) is 13.2 Å². The second-order valence-corrected chi connectivity index (χ2v) is 9.14. The van der Waals surface area contributed by atoms with Crippen molar-refractivity contribution in [2.75, 3.05) is 18.4 Å². The second-order valence-electron chi connectivity index (χ2n) is 6.02. The van der Waals surface area contributed by atoms with Gasteiger partial charge in [0, 0.05) is 18.7 Å². The van der Waals surface area contributed by atoms with Crippen LogP contribution in [0.25, 0.3) is 0 Å². The Hall–Kier alpha value is -1.84. The maximum atomic E-state index is 12.8. The van der Waals surface area contributed by atoms with Crippen molar-refractivity contribution in [1.82, 2.24) is 14.5 Å². The van der Waals surface area contributed by atoms with E-state index in [0.717, 1.165) is 24.3 Å². The molecule has 0 spiro atoms. The van der Waals surface area contributed by atoms with Crippen molar-refractivity contribution in [2.24, 2.45) is 0 Å². The Morgan fingerprint density at radius 3 is 2.52 bits per heavy atom. The Kier molecular flexibility index (Phi) is 5.16. The highest BCUT2D eigenvalue weighted by Gasteiger charge is 2.27. The van der Waals surface area contributed by atoms with E-state index in [-0.39, 0.29) is 10.8 Å². The third kappa shape index (κ3) is 3.88. The summed E-state index contributed by atoms with van der Waals surface area (Å²) in [6.45, 7) is 4.63. The van der Waals surface area contributed by atoms with E-state index in [0.29, 0.717) is 29.3 Å². The van der Waals surface area contributed by atoms with Crippen molar-refractivity contribution in [1.29, 1.82) is 0 Å². The highest BCUT2D eigenvalue weighted by molar-refractivity contribution is 7.89. The van der Waals surface area contributed by atoms with E-state index in [4.69, 9.17) is 0 Å². The molecule has 0 radical (unpaired) electrons. The lowest BCUT2D eigenvalue weighted by Crippen LogP contribution is -2.35. The molecular formula is C16H20N4O3S2. The number of carbonyl (C=O) groups excluding carboxylic acids is 1. The van der Waals surface area contributed by atoms with Crippen molar-refractivity contribution >= 4 is 32.4 Å². The van der Waals surface area contributed by atoms with Crippen LogP contribution in [-0.2, 0) is 10.0 Å². The summed E-state index contributed by atoms with van der Waals surface area (Å²) in [6, 6.07) is 4.67. The number of hydrogen-bond acceptors (Lipinski definition) is 6. The van der Waals surface area contributed by atoms with Gasteiger partial charge >= 0.3 is 0 Å². The number of piperidine rings is 1. The number of aromatic nitrogens is 2. The van der Waals surface area contributed by atoms with Gasteiger partial charge in [-0.15, -0.1) is 10.2 Å². The van der Waals surface area contributed by atoms with Gasteiger partial charge in [0.2, 0.25) is 15.2 Å². The molecule has 1 saturated heterocycles. The summed E-state index contributed by atoms with van der Waals surface area (Å²) in [7, 11) is -3.58. The molecule has 2 heterocycles. The molecule has 2 aromatic rings. The molecule has 25 heavy (non-hydrogen) atoms. The van der Waals surface area contributed by atoms with Crippen LogP contribution in [0.3, 0.4) is 0 Å².